The topological polar surface area (TPSA) is 98.6 Å². The number of nitrogens with zero attached hydrogens (tertiary/aromatic N) is 4. The van der Waals surface area contributed by atoms with Gasteiger partial charge in [0.25, 0.3) is 0 Å². The lowest BCUT2D eigenvalue weighted by Crippen LogP contribution is -2.75. The third-order valence-corrected chi connectivity index (χ3v) is 6.37. The van der Waals surface area contributed by atoms with E-state index in [2.05, 4.69) is 5.32 Å². The molecule has 0 unspecified atom stereocenters. The summed E-state index contributed by atoms with van der Waals surface area (Å²) in [6, 6.07) is 10.1. The molecule has 0 aliphatic carbocycles. The van der Waals surface area contributed by atoms with Crippen LogP contribution in [0.3, 0.4) is 0 Å². The number of carbonyl (C=O) groups is 3. The average molecular weight is 484 g/mol. The van der Waals surface area contributed by atoms with Gasteiger partial charge in [0.15, 0.2) is 0 Å². The van der Waals surface area contributed by atoms with Gasteiger partial charge in [-0.15, -0.1) is 0 Å². The van der Waals surface area contributed by atoms with E-state index in [9.17, 15) is 14.4 Å². The first-order valence-corrected chi connectivity index (χ1v) is 11.8. The lowest BCUT2D eigenvalue weighted by molar-refractivity contribution is -0.188. The van der Waals surface area contributed by atoms with Crippen LogP contribution in [0, 0.1) is 5.92 Å². The van der Waals surface area contributed by atoms with Crippen LogP contribution in [-0.4, -0.2) is 77.1 Å². The molecule has 1 N–H and O–H groups in total. The molecule has 2 aromatic rings. The summed E-state index contributed by atoms with van der Waals surface area (Å²) < 4.78 is 10.7. The molecule has 3 heterocycles. The summed E-state index contributed by atoms with van der Waals surface area (Å²) in [5, 5.41) is 6.14. The highest BCUT2D eigenvalue weighted by Crippen LogP contribution is 2.29. The minimum Gasteiger partial charge on any atom is -0.497 e. The van der Waals surface area contributed by atoms with Crippen LogP contribution >= 0.6 is 0 Å². The van der Waals surface area contributed by atoms with Gasteiger partial charge < -0.3 is 24.3 Å². The first-order chi connectivity index (χ1) is 16.8. The Bertz CT molecular complexity index is 1040. The number of rotatable bonds is 7. The number of hydrogen-bond donors (Lipinski definition) is 1. The Kier molecular flexibility index (Phi) is 7.30. The standard InChI is InChI=1S/C25H33N5O5/c1-17(2)12-21-24(32)28(14-20-6-5-11-35-20)15-22-29(21)23(31)16-27(3)30(22)25(33)26-13-18-7-9-19(34-4)10-8-18/h5-11,17,21-22H,12-16H2,1-4H3,(H,26,33)/t21-,22-/m0/s1. The molecule has 0 radical (unpaired) electrons. The van der Waals surface area contributed by atoms with Crippen LogP contribution in [0.2, 0.25) is 0 Å². The Hall–Kier alpha value is -3.53. The minimum absolute atomic E-state index is 0.0204. The lowest BCUT2D eigenvalue weighted by atomic mass is 9.97. The Morgan fingerprint density at radius 3 is 2.57 bits per heavy atom. The van der Waals surface area contributed by atoms with E-state index in [1.54, 1.807) is 46.3 Å². The summed E-state index contributed by atoms with van der Waals surface area (Å²) in [6.45, 7) is 4.86. The summed E-state index contributed by atoms with van der Waals surface area (Å²) in [6.07, 6.45) is 1.47. The van der Waals surface area contributed by atoms with Crippen molar-refractivity contribution < 1.29 is 23.5 Å². The van der Waals surface area contributed by atoms with Crippen molar-refractivity contribution in [3.05, 3.63) is 54.0 Å². The number of nitrogens with one attached hydrogen (secondary N) is 1. The number of fused-ring (bicyclic) bond motifs is 1. The molecule has 0 spiro atoms. The Morgan fingerprint density at radius 2 is 1.94 bits per heavy atom. The fourth-order valence-corrected chi connectivity index (χ4v) is 4.72. The molecule has 2 aliphatic heterocycles. The number of likely N-dealkylation sites (N-methyl/N-ethyl adjacent to an activating group) is 1. The Morgan fingerprint density at radius 1 is 1.20 bits per heavy atom. The molecule has 35 heavy (non-hydrogen) atoms. The van der Waals surface area contributed by atoms with Crippen molar-refractivity contribution in [1.82, 2.24) is 25.1 Å². The second-order valence-electron chi connectivity index (χ2n) is 9.39. The molecule has 0 bridgehead atoms. The molecule has 2 saturated heterocycles. The van der Waals surface area contributed by atoms with E-state index in [0.29, 0.717) is 18.7 Å². The number of piperazine rings is 1. The van der Waals surface area contributed by atoms with Gasteiger partial charge in [0.05, 0.1) is 33.0 Å². The van der Waals surface area contributed by atoms with Crippen LogP contribution < -0.4 is 10.1 Å². The zero-order chi connectivity index (χ0) is 25.1. The Labute approximate surface area is 205 Å². The predicted molar refractivity (Wildman–Crippen MR) is 128 cm³/mol. The maximum Gasteiger partial charge on any atom is 0.334 e. The second kappa shape index (κ2) is 10.4. The molecule has 188 valence electrons. The van der Waals surface area contributed by atoms with Gasteiger partial charge >= 0.3 is 6.03 Å². The molecule has 2 fully saturated rings. The summed E-state index contributed by atoms with van der Waals surface area (Å²) in [5.41, 5.74) is 0.919. The highest BCUT2D eigenvalue weighted by atomic mass is 16.5. The van der Waals surface area contributed by atoms with Crippen LogP contribution in [0.5, 0.6) is 5.75 Å². The first kappa shape index (κ1) is 24.6. The smallest absolute Gasteiger partial charge is 0.334 e. The van der Waals surface area contributed by atoms with Crippen molar-refractivity contribution in [3.8, 4) is 5.75 Å². The SMILES string of the molecule is COc1ccc(CNC(=O)N2[C@H]3CN(Cc4ccco4)C(=O)[C@H](CC(C)C)N3C(=O)CN2C)cc1. The van der Waals surface area contributed by atoms with Crippen molar-refractivity contribution in [1.29, 1.82) is 0 Å². The third kappa shape index (κ3) is 5.27. The van der Waals surface area contributed by atoms with Gasteiger partial charge in [-0.3, -0.25) is 9.59 Å². The van der Waals surface area contributed by atoms with E-state index >= 15 is 0 Å². The van der Waals surface area contributed by atoms with Gasteiger partial charge in [-0.05, 0) is 42.2 Å². The van der Waals surface area contributed by atoms with E-state index in [-0.39, 0.29) is 43.4 Å². The number of urea groups is 1. The predicted octanol–water partition coefficient (Wildman–Crippen LogP) is 2.27. The molecular formula is C25H33N5O5. The molecule has 10 heteroatoms. The molecule has 4 rings (SSSR count). The van der Waals surface area contributed by atoms with E-state index in [1.165, 1.54) is 0 Å². The van der Waals surface area contributed by atoms with Crippen molar-refractivity contribution in [3.63, 3.8) is 0 Å². The zero-order valence-electron chi connectivity index (χ0n) is 20.6. The normalized spacial score (nSPS) is 20.9. The number of hydrazine groups is 1. The van der Waals surface area contributed by atoms with E-state index in [0.717, 1.165) is 11.3 Å². The number of hydrogen-bond acceptors (Lipinski definition) is 6. The van der Waals surface area contributed by atoms with Crippen molar-refractivity contribution in [2.24, 2.45) is 5.92 Å². The molecule has 10 nitrogen and oxygen atoms in total. The molecule has 0 saturated carbocycles. The summed E-state index contributed by atoms with van der Waals surface area (Å²) in [4.78, 5) is 43.3. The van der Waals surface area contributed by atoms with Crippen LogP contribution in [0.25, 0.3) is 0 Å². The maximum absolute atomic E-state index is 13.5. The monoisotopic (exact) mass is 483 g/mol. The lowest BCUT2D eigenvalue weighted by Gasteiger charge is -2.54. The fourth-order valence-electron chi connectivity index (χ4n) is 4.72. The van der Waals surface area contributed by atoms with Gasteiger partial charge in [-0.1, -0.05) is 26.0 Å². The van der Waals surface area contributed by atoms with Gasteiger partial charge in [0.2, 0.25) is 11.8 Å². The first-order valence-electron chi connectivity index (χ1n) is 11.8. The number of amides is 4. The van der Waals surface area contributed by atoms with Crippen LogP contribution in [0.4, 0.5) is 4.79 Å². The molecule has 4 amide bonds. The highest BCUT2D eigenvalue weighted by Gasteiger charge is 2.50. The van der Waals surface area contributed by atoms with Crippen LogP contribution in [0.1, 0.15) is 31.6 Å². The zero-order valence-corrected chi connectivity index (χ0v) is 20.6. The Balaban J connectivity index is 1.57. The number of methoxy groups -OCH3 is 1. The quantitative estimate of drug-likeness (QED) is 0.649. The molecule has 2 aliphatic rings. The minimum atomic E-state index is -0.637. The second-order valence-corrected chi connectivity index (χ2v) is 9.39. The number of benzene rings is 1. The van der Waals surface area contributed by atoms with Crippen molar-refractivity contribution >= 4 is 17.8 Å². The molecule has 1 aromatic carbocycles. The number of ether oxygens (including phenoxy) is 1. The van der Waals surface area contributed by atoms with E-state index in [1.807, 2.05) is 44.2 Å². The average Bonchev–Trinajstić information content (AvgIpc) is 3.33. The summed E-state index contributed by atoms with van der Waals surface area (Å²) >= 11 is 0. The fraction of sp³-hybridized carbons (Fsp3) is 0.480. The molecule has 1 aromatic heterocycles. The molecule has 2 atom stereocenters. The summed E-state index contributed by atoms with van der Waals surface area (Å²) in [7, 11) is 3.32. The summed E-state index contributed by atoms with van der Waals surface area (Å²) in [5.74, 6) is 1.31. The number of furan rings is 1. The van der Waals surface area contributed by atoms with Crippen molar-refractivity contribution in [2.75, 3.05) is 27.2 Å². The largest absolute Gasteiger partial charge is 0.497 e. The van der Waals surface area contributed by atoms with Gasteiger partial charge in [0.1, 0.15) is 23.7 Å². The van der Waals surface area contributed by atoms with Gasteiger partial charge in [0, 0.05) is 13.6 Å². The number of carbonyl (C=O) groups excluding carboxylic acids is 3. The van der Waals surface area contributed by atoms with Crippen LogP contribution in [-0.2, 0) is 22.7 Å². The third-order valence-electron chi connectivity index (χ3n) is 6.37. The maximum atomic E-state index is 13.5. The van der Waals surface area contributed by atoms with Gasteiger partial charge in [-0.25, -0.2) is 14.8 Å². The van der Waals surface area contributed by atoms with Crippen LogP contribution in [0.15, 0.2) is 47.1 Å². The van der Waals surface area contributed by atoms with E-state index < -0.39 is 12.2 Å². The molecular weight excluding hydrogens is 450 g/mol. The highest BCUT2D eigenvalue weighted by molar-refractivity contribution is 5.91. The van der Waals surface area contributed by atoms with Gasteiger partial charge in [-0.2, -0.15) is 0 Å². The van der Waals surface area contributed by atoms with E-state index in [4.69, 9.17) is 9.15 Å². The van der Waals surface area contributed by atoms with Crippen molar-refractivity contribution in [2.45, 2.75) is 45.6 Å².